The second-order valence-corrected chi connectivity index (χ2v) is 5.37. The lowest BCUT2D eigenvalue weighted by atomic mass is 9.67. The number of amides is 1. The maximum atomic E-state index is 11.7. The van der Waals surface area contributed by atoms with Crippen molar-refractivity contribution < 1.29 is 4.79 Å². The third-order valence-electron chi connectivity index (χ3n) is 2.81. The smallest absolute Gasteiger partial charge is 0.245 e. The molecule has 1 aliphatic rings. The van der Waals surface area contributed by atoms with Crippen molar-refractivity contribution in [2.45, 2.75) is 24.7 Å². The van der Waals surface area contributed by atoms with Gasteiger partial charge < -0.3 is 0 Å². The maximum absolute atomic E-state index is 11.7. The fourth-order valence-electron chi connectivity index (χ4n) is 1.82. The van der Waals surface area contributed by atoms with Gasteiger partial charge in [0.25, 0.3) is 0 Å². The Bertz CT molecular complexity index is 359. The van der Waals surface area contributed by atoms with Gasteiger partial charge in [-0.2, -0.15) is 0 Å². The van der Waals surface area contributed by atoms with Crippen LogP contribution in [0.5, 0.6) is 0 Å². The summed E-state index contributed by atoms with van der Waals surface area (Å²) in [6.45, 7) is 0. The van der Waals surface area contributed by atoms with E-state index in [1.807, 2.05) is 11.4 Å². The maximum Gasteiger partial charge on any atom is 0.245 e. The second-order valence-electron chi connectivity index (χ2n) is 3.54. The van der Waals surface area contributed by atoms with Gasteiger partial charge in [0.2, 0.25) is 5.91 Å². The molecule has 0 aromatic carbocycles. The zero-order chi connectivity index (χ0) is 10.2. The van der Waals surface area contributed by atoms with Gasteiger partial charge in [-0.25, -0.2) is 5.84 Å². The lowest BCUT2D eigenvalue weighted by Gasteiger charge is -2.38. The summed E-state index contributed by atoms with van der Waals surface area (Å²) in [5, 5.41) is 2.00. The Labute approximate surface area is 94.8 Å². The Morgan fingerprint density at radius 3 is 2.71 bits per heavy atom. The Morgan fingerprint density at radius 1 is 1.64 bits per heavy atom. The number of carbonyl (C=O) groups is 1. The van der Waals surface area contributed by atoms with Crippen LogP contribution < -0.4 is 11.3 Å². The molecule has 14 heavy (non-hydrogen) atoms. The number of carbonyl (C=O) groups excluding carboxylic acids is 1. The molecule has 1 aromatic rings. The highest BCUT2D eigenvalue weighted by Gasteiger charge is 2.46. The molecular formula is C9H11BrN2OS. The average Bonchev–Trinajstić information content (AvgIpc) is 2.50. The molecule has 76 valence electrons. The van der Waals surface area contributed by atoms with Crippen LogP contribution in [0.4, 0.5) is 0 Å². The predicted molar refractivity (Wildman–Crippen MR) is 59.9 cm³/mol. The van der Waals surface area contributed by atoms with Crippen LogP contribution in [-0.4, -0.2) is 5.91 Å². The van der Waals surface area contributed by atoms with Crippen molar-refractivity contribution in [3.63, 3.8) is 0 Å². The highest BCUT2D eigenvalue weighted by molar-refractivity contribution is 9.10. The summed E-state index contributed by atoms with van der Waals surface area (Å²) in [6, 6.07) is 2.01. The fourth-order valence-corrected chi connectivity index (χ4v) is 3.50. The Kier molecular flexibility index (Phi) is 2.64. The van der Waals surface area contributed by atoms with E-state index in [0.717, 1.165) is 28.6 Å². The van der Waals surface area contributed by atoms with Crippen molar-refractivity contribution in [1.29, 1.82) is 0 Å². The number of halogens is 1. The minimum Gasteiger partial charge on any atom is -0.293 e. The van der Waals surface area contributed by atoms with Crippen LogP contribution in [0.25, 0.3) is 0 Å². The highest BCUT2D eigenvalue weighted by Crippen LogP contribution is 2.46. The molecule has 0 radical (unpaired) electrons. The van der Waals surface area contributed by atoms with Crippen LogP contribution in [0.15, 0.2) is 15.9 Å². The molecule has 3 nitrogen and oxygen atoms in total. The van der Waals surface area contributed by atoms with Gasteiger partial charge in [-0.1, -0.05) is 6.42 Å². The molecule has 1 aliphatic carbocycles. The van der Waals surface area contributed by atoms with Crippen LogP contribution in [0.2, 0.25) is 0 Å². The van der Waals surface area contributed by atoms with Gasteiger partial charge in [-0.3, -0.25) is 10.2 Å². The monoisotopic (exact) mass is 274 g/mol. The van der Waals surface area contributed by atoms with E-state index in [1.54, 1.807) is 11.3 Å². The van der Waals surface area contributed by atoms with Gasteiger partial charge in [0.15, 0.2) is 0 Å². The normalized spacial score (nSPS) is 18.7. The zero-order valence-electron chi connectivity index (χ0n) is 7.55. The lowest BCUT2D eigenvalue weighted by molar-refractivity contribution is -0.129. The number of hydrazine groups is 1. The third-order valence-corrected chi connectivity index (χ3v) is 4.71. The first-order valence-electron chi connectivity index (χ1n) is 4.44. The first-order chi connectivity index (χ1) is 6.69. The van der Waals surface area contributed by atoms with Crippen molar-refractivity contribution in [1.82, 2.24) is 5.43 Å². The molecule has 0 aliphatic heterocycles. The Hall–Kier alpha value is -0.390. The van der Waals surface area contributed by atoms with Gasteiger partial charge >= 0.3 is 0 Å². The topological polar surface area (TPSA) is 55.1 Å². The van der Waals surface area contributed by atoms with E-state index in [4.69, 9.17) is 5.84 Å². The predicted octanol–water partition coefficient (Wildman–Crippen LogP) is 1.92. The summed E-state index contributed by atoms with van der Waals surface area (Å²) < 4.78 is 1.04. The van der Waals surface area contributed by atoms with Gasteiger partial charge in [0.05, 0.1) is 5.41 Å². The number of thiophene rings is 1. The van der Waals surface area contributed by atoms with E-state index < -0.39 is 0 Å². The van der Waals surface area contributed by atoms with Crippen LogP contribution in [0, 0.1) is 0 Å². The fraction of sp³-hybridized carbons (Fsp3) is 0.444. The van der Waals surface area contributed by atoms with E-state index in [0.29, 0.717) is 0 Å². The van der Waals surface area contributed by atoms with Crippen LogP contribution in [0.3, 0.4) is 0 Å². The molecule has 0 spiro atoms. The summed E-state index contributed by atoms with van der Waals surface area (Å²) in [7, 11) is 0. The van der Waals surface area contributed by atoms with Crippen LogP contribution >= 0.6 is 27.3 Å². The summed E-state index contributed by atoms with van der Waals surface area (Å²) in [5.41, 5.74) is 1.93. The van der Waals surface area contributed by atoms with E-state index in [-0.39, 0.29) is 11.3 Å². The molecule has 1 fully saturated rings. The molecule has 1 aromatic heterocycles. The molecular weight excluding hydrogens is 264 g/mol. The van der Waals surface area contributed by atoms with Crippen molar-refractivity contribution >= 4 is 33.2 Å². The van der Waals surface area contributed by atoms with Crippen molar-refractivity contribution in [2.24, 2.45) is 5.84 Å². The Balaban J connectivity index is 2.33. The summed E-state index contributed by atoms with van der Waals surface area (Å²) in [4.78, 5) is 12.8. The third kappa shape index (κ3) is 1.39. The van der Waals surface area contributed by atoms with Gasteiger partial charge in [-0.05, 0) is 34.8 Å². The summed E-state index contributed by atoms with van der Waals surface area (Å²) in [5.74, 6) is 5.15. The van der Waals surface area contributed by atoms with Gasteiger partial charge in [0.1, 0.15) is 0 Å². The van der Waals surface area contributed by atoms with Crippen molar-refractivity contribution in [3.05, 3.63) is 20.8 Å². The molecule has 0 saturated heterocycles. The molecule has 5 heteroatoms. The minimum atomic E-state index is -0.342. The highest BCUT2D eigenvalue weighted by atomic mass is 79.9. The molecule has 1 heterocycles. The molecule has 0 atom stereocenters. The summed E-state index contributed by atoms with van der Waals surface area (Å²) >= 11 is 5.01. The van der Waals surface area contributed by atoms with E-state index in [2.05, 4.69) is 21.4 Å². The van der Waals surface area contributed by atoms with Gasteiger partial charge in [-0.15, -0.1) is 11.3 Å². The lowest BCUT2D eigenvalue weighted by Crippen LogP contribution is -2.50. The van der Waals surface area contributed by atoms with Gasteiger partial charge in [0, 0.05) is 14.7 Å². The van der Waals surface area contributed by atoms with E-state index in [1.165, 1.54) is 0 Å². The quantitative estimate of drug-likeness (QED) is 0.492. The number of hydrogen-bond acceptors (Lipinski definition) is 3. The molecule has 3 N–H and O–H groups in total. The minimum absolute atomic E-state index is 0.0573. The molecule has 1 saturated carbocycles. The molecule has 0 unspecified atom stereocenters. The van der Waals surface area contributed by atoms with Crippen molar-refractivity contribution in [2.75, 3.05) is 0 Å². The number of rotatable bonds is 2. The largest absolute Gasteiger partial charge is 0.293 e. The van der Waals surface area contributed by atoms with E-state index >= 15 is 0 Å². The SMILES string of the molecule is NNC(=O)C1(c2cc(Br)cs2)CCC1. The van der Waals surface area contributed by atoms with Crippen molar-refractivity contribution in [3.8, 4) is 0 Å². The van der Waals surface area contributed by atoms with Crippen LogP contribution in [-0.2, 0) is 10.2 Å². The van der Waals surface area contributed by atoms with E-state index in [9.17, 15) is 4.79 Å². The molecule has 2 rings (SSSR count). The first kappa shape index (κ1) is 10.1. The first-order valence-corrected chi connectivity index (χ1v) is 6.12. The second kappa shape index (κ2) is 3.64. The Morgan fingerprint density at radius 2 is 2.36 bits per heavy atom. The zero-order valence-corrected chi connectivity index (χ0v) is 9.95. The number of hydrogen-bond donors (Lipinski definition) is 2. The average molecular weight is 275 g/mol. The van der Waals surface area contributed by atoms with Crippen LogP contribution in [0.1, 0.15) is 24.1 Å². The molecule has 1 amide bonds. The molecule has 0 bridgehead atoms. The number of nitrogens with two attached hydrogens (primary N) is 1. The summed E-state index contributed by atoms with van der Waals surface area (Å²) in [6.07, 6.45) is 2.91. The number of nitrogens with one attached hydrogen (secondary N) is 1. The standard InChI is InChI=1S/C9H11BrN2OS/c10-6-4-7(14-5-6)9(2-1-3-9)8(13)12-11/h4-5H,1-3,11H2,(H,12,13).